The van der Waals surface area contributed by atoms with E-state index >= 15 is 0 Å². The second kappa shape index (κ2) is 6.53. The van der Waals surface area contributed by atoms with E-state index in [2.05, 4.69) is 15.5 Å². The van der Waals surface area contributed by atoms with E-state index in [9.17, 15) is 14.0 Å². The molecule has 0 spiro atoms. The summed E-state index contributed by atoms with van der Waals surface area (Å²) in [6.45, 7) is 1.71. The van der Waals surface area contributed by atoms with Gasteiger partial charge in [0.25, 0.3) is 11.5 Å². The second-order valence-corrected chi connectivity index (χ2v) is 6.04. The van der Waals surface area contributed by atoms with E-state index in [1.807, 2.05) is 6.07 Å². The molecule has 0 bridgehead atoms. The summed E-state index contributed by atoms with van der Waals surface area (Å²) in [5.41, 5.74) is 2.57. The van der Waals surface area contributed by atoms with Crippen LogP contribution >= 0.6 is 0 Å². The minimum atomic E-state index is -0.435. The van der Waals surface area contributed by atoms with E-state index < -0.39 is 5.91 Å². The summed E-state index contributed by atoms with van der Waals surface area (Å²) in [5, 5.41) is 9.68. The highest BCUT2D eigenvalue weighted by Gasteiger charge is 2.18. The predicted molar refractivity (Wildman–Crippen MR) is 99.2 cm³/mol. The number of hydrogen-bond donors (Lipinski definition) is 2. The highest BCUT2D eigenvalue weighted by Crippen LogP contribution is 2.27. The Morgan fingerprint density at radius 1 is 1.15 bits per heavy atom. The molecule has 7 heteroatoms. The first-order valence-electron chi connectivity index (χ1n) is 8.17. The Balaban J connectivity index is 1.63. The van der Waals surface area contributed by atoms with E-state index in [0.717, 1.165) is 5.56 Å². The zero-order valence-electron chi connectivity index (χ0n) is 14.2. The molecule has 0 saturated heterocycles. The number of rotatable bonds is 3. The Hall–Kier alpha value is -3.74. The molecule has 27 heavy (non-hydrogen) atoms. The van der Waals surface area contributed by atoms with Gasteiger partial charge < -0.3 is 9.73 Å². The molecule has 0 atom stereocenters. The smallest absolute Gasteiger partial charge is 0.291 e. The van der Waals surface area contributed by atoms with E-state index in [0.29, 0.717) is 27.9 Å². The summed E-state index contributed by atoms with van der Waals surface area (Å²) >= 11 is 0. The summed E-state index contributed by atoms with van der Waals surface area (Å²) in [5.74, 6) is -0.696. The first-order chi connectivity index (χ1) is 13.0. The number of halogens is 1. The summed E-state index contributed by atoms with van der Waals surface area (Å²) < 4.78 is 19.0. The fourth-order valence-corrected chi connectivity index (χ4v) is 2.86. The number of aromatic nitrogens is 2. The molecule has 2 N–H and O–H groups in total. The maximum atomic E-state index is 13.4. The fraction of sp³-hybridized carbons (Fsp3) is 0.0500. The van der Waals surface area contributed by atoms with Gasteiger partial charge in [0.1, 0.15) is 11.4 Å². The largest absolute Gasteiger partial charge is 0.451 e. The first-order valence-corrected chi connectivity index (χ1v) is 8.17. The summed E-state index contributed by atoms with van der Waals surface area (Å²) in [6.07, 6.45) is 0. The van der Waals surface area contributed by atoms with Crippen molar-refractivity contribution in [1.29, 1.82) is 0 Å². The van der Waals surface area contributed by atoms with Crippen LogP contribution in [-0.4, -0.2) is 16.1 Å². The van der Waals surface area contributed by atoms with Gasteiger partial charge in [-0.25, -0.2) is 9.49 Å². The number of carbonyl (C=O) groups is 1. The van der Waals surface area contributed by atoms with Crippen molar-refractivity contribution in [2.24, 2.45) is 0 Å². The average molecular weight is 363 g/mol. The number of nitrogens with zero attached hydrogens (tertiary/aromatic N) is 1. The molecule has 0 aliphatic heterocycles. The molecule has 2 aromatic heterocycles. The standard InChI is InChI=1S/C20H14FN3O3/c1-11-15-10-13(21)5-7-17(15)27-19(11)20(26)22-14-4-2-3-12(9-14)16-6-8-18(25)24-23-16/h2-10H,1H3,(H,22,26)(H,24,25). The third-order valence-electron chi connectivity index (χ3n) is 4.20. The van der Waals surface area contributed by atoms with Gasteiger partial charge in [-0.05, 0) is 43.3 Å². The van der Waals surface area contributed by atoms with Gasteiger partial charge in [-0.15, -0.1) is 0 Å². The monoisotopic (exact) mass is 363 g/mol. The lowest BCUT2D eigenvalue weighted by molar-refractivity contribution is 0.0998. The van der Waals surface area contributed by atoms with Crippen LogP contribution in [-0.2, 0) is 0 Å². The van der Waals surface area contributed by atoms with E-state index in [4.69, 9.17) is 4.42 Å². The molecule has 4 rings (SSSR count). The zero-order chi connectivity index (χ0) is 19.0. The lowest BCUT2D eigenvalue weighted by Gasteiger charge is -2.06. The minimum absolute atomic E-state index is 0.128. The Bertz CT molecular complexity index is 1210. The third kappa shape index (κ3) is 3.22. The number of benzene rings is 2. The van der Waals surface area contributed by atoms with Crippen LogP contribution in [0.15, 0.2) is 63.8 Å². The van der Waals surface area contributed by atoms with Crippen LogP contribution in [0.25, 0.3) is 22.2 Å². The number of furan rings is 1. The van der Waals surface area contributed by atoms with Crippen molar-refractivity contribution in [3.05, 3.63) is 82.1 Å². The molecular formula is C20H14FN3O3. The molecule has 0 aliphatic carbocycles. The van der Waals surface area contributed by atoms with Gasteiger partial charge in [0.05, 0.1) is 5.69 Å². The van der Waals surface area contributed by atoms with Crippen LogP contribution in [0.3, 0.4) is 0 Å². The quantitative estimate of drug-likeness (QED) is 0.578. The van der Waals surface area contributed by atoms with Gasteiger partial charge in [0.15, 0.2) is 5.76 Å². The molecule has 2 aromatic carbocycles. The van der Waals surface area contributed by atoms with Crippen molar-refractivity contribution in [2.75, 3.05) is 5.32 Å². The molecule has 1 amide bonds. The van der Waals surface area contributed by atoms with Crippen molar-refractivity contribution in [2.45, 2.75) is 6.92 Å². The van der Waals surface area contributed by atoms with Gasteiger partial charge >= 0.3 is 0 Å². The highest BCUT2D eigenvalue weighted by molar-refractivity contribution is 6.06. The van der Waals surface area contributed by atoms with E-state index in [-0.39, 0.29) is 17.1 Å². The molecule has 4 aromatic rings. The fourth-order valence-electron chi connectivity index (χ4n) is 2.86. The Labute approximate surface area is 152 Å². The zero-order valence-corrected chi connectivity index (χ0v) is 14.2. The number of anilines is 1. The van der Waals surface area contributed by atoms with E-state index in [1.165, 1.54) is 24.3 Å². The number of H-pyrrole nitrogens is 1. The SMILES string of the molecule is Cc1c(C(=O)Nc2cccc(-c3ccc(=O)[nH]n3)c2)oc2ccc(F)cc12. The number of carbonyl (C=O) groups excluding carboxylic acids is 1. The molecule has 0 aliphatic rings. The number of aromatic amines is 1. The molecule has 0 saturated carbocycles. The van der Waals surface area contributed by atoms with Crippen molar-refractivity contribution >= 4 is 22.6 Å². The molecule has 0 unspecified atom stereocenters. The lowest BCUT2D eigenvalue weighted by atomic mass is 10.1. The predicted octanol–water partition coefficient (Wildman–Crippen LogP) is 3.88. The Morgan fingerprint density at radius 2 is 2.00 bits per heavy atom. The van der Waals surface area contributed by atoms with Gasteiger partial charge in [-0.3, -0.25) is 9.59 Å². The lowest BCUT2D eigenvalue weighted by Crippen LogP contribution is -2.12. The molecule has 134 valence electrons. The summed E-state index contributed by atoms with van der Waals surface area (Å²) in [4.78, 5) is 23.8. The maximum absolute atomic E-state index is 13.4. The van der Waals surface area contributed by atoms with Crippen molar-refractivity contribution in [3.8, 4) is 11.3 Å². The van der Waals surface area contributed by atoms with Crippen LogP contribution in [0, 0.1) is 12.7 Å². The molecule has 2 heterocycles. The minimum Gasteiger partial charge on any atom is -0.451 e. The molecule has 6 nitrogen and oxygen atoms in total. The van der Waals surface area contributed by atoms with Gasteiger partial charge in [-0.2, -0.15) is 5.10 Å². The normalized spacial score (nSPS) is 10.9. The third-order valence-corrected chi connectivity index (χ3v) is 4.20. The van der Waals surface area contributed by atoms with Crippen molar-refractivity contribution in [3.63, 3.8) is 0 Å². The number of amides is 1. The second-order valence-electron chi connectivity index (χ2n) is 6.04. The number of fused-ring (bicyclic) bond motifs is 1. The van der Waals surface area contributed by atoms with E-state index in [1.54, 1.807) is 31.2 Å². The summed E-state index contributed by atoms with van der Waals surface area (Å²) in [7, 11) is 0. The molecule has 0 fully saturated rings. The van der Waals surface area contributed by atoms with Crippen LogP contribution in [0.1, 0.15) is 16.1 Å². The van der Waals surface area contributed by atoms with Crippen molar-refractivity contribution < 1.29 is 13.6 Å². The number of aryl methyl sites for hydroxylation is 1. The Kier molecular flexibility index (Phi) is 4.04. The Morgan fingerprint density at radius 3 is 2.78 bits per heavy atom. The number of hydrogen-bond acceptors (Lipinski definition) is 4. The van der Waals surface area contributed by atoms with Gasteiger partial charge in [-0.1, -0.05) is 12.1 Å². The van der Waals surface area contributed by atoms with Crippen molar-refractivity contribution in [1.82, 2.24) is 10.2 Å². The molecular weight excluding hydrogens is 349 g/mol. The van der Waals surface area contributed by atoms with Crippen LogP contribution in [0.4, 0.5) is 10.1 Å². The molecule has 0 radical (unpaired) electrons. The highest BCUT2D eigenvalue weighted by atomic mass is 19.1. The average Bonchev–Trinajstić information content (AvgIpc) is 2.99. The first kappa shape index (κ1) is 16.7. The summed E-state index contributed by atoms with van der Waals surface area (Å²) in [6, 6.07) is 14.1. The topological polar surface area (TPSA) is 88.0 Å². The van der Waals surface area contributed by atoms with Gasteiger partial charge in [0.2, 0.25) is 0 Å². The number of nitrogens with one attached hydrogen (secondary N) is 2. The van der Waals surface area contributed by atoms with Crippen LogP contribution < -0.4 is 10.9 Å². The van der Waals surface area contributed by atoms with Crippen LogP contribution in [0.2, 0.25) is 0 Å². The van der Waals surface area contributed by atoms with Gasteiger partial charge in [0, 0.05) is 28.3 Å². The van der Waals surface area contributed by atoms with Crippen LogP contribution in [0.5, 0.6) is 0 Å². The maximum Gasteiger partial charge on any atom is 0.291 e.